The highest BCUT2D eigenvalue weighted by Gasteiger charge is 2.39. The molecular formula is C22H20F2N2O4S. The standard InChI is InChI=1S/C22H20F2N2O4S/c1-15-7-8-17(14-19(15)31(28,29)26-12-9-22(23,24)10-13-26)21(27)30-18-6-2-4-16-5-3-11-25-20(16)18/h2-8,11,14H,9-10,12-13H2,1H3. The number of benzene rings is 2. The van der Waals surface area contributed by atoms with Crippen LogP contribution in [-0.2, 0) is 10.0 Å². The Morgan fingerprint density at radius 3 is 2.55 bits per heavy atom. The minimum atomic E-state index is -4.03. The molecule has 1 aromatic heterocycles. The van der Waals surface area contributed by atoms with Gasteiger partial charge in [0.2, 0.25) is 10.0 Å². The summed E-state index contributed by atoms with van der Waals surface area (Å²) in [5.74, 6) is -3.34. The summed E-state index contributed by atoms with van der Waals surface area (Å²) in [5.41, 5.74) is 0.965. The van der Waals surface area contributed by atoms with Gasteiger partial charge in [-0.2, -0.15) is 4.31 Å². The lowest BCUT2D eigenvalue weighted by atomic mass is 10.1. The molecule has 6 nitrogen and oxygen atoms in total. The topological polar surface area (TPSA) is 76.6 Å². The largest absolute Gasteiger partial charge is 0.421 e. The van der Waals surface area contributed by atoms with Crippen LogP contribution < -0.4 is 4.74 Å². The number of carbonyl (C=O) groups is 1. The lowest BCUT2D eigenvalue weighted by molar-refractivity contribution is -0.0412. The van der Waals surface area contributed by atoms with E-state index in [2.05, 4.69) is 4.98 Å². The van der Waals surface area contributed by atoms with Gasteiger partial charge in [-0.15, -0.1) is 0 Å². The molecule has 0 saturated carbocycles. The van der Waals surface area contributed by atoms with E-state index in [0.29, 0.717) is 11.1 Å². The zero-order chi connectivity index (χ0) is 22.2. The fourth-order valence-electron chi connectivity index (χ4n) is 3.52. The minimum absolute atomic E-state index is 0.0412. The number of alkyl halides is 2. The molecule has 0 unspecified atom stereocenters. The van der Waals surface area contributed by atoms with E-state index in [9.17, 15) is 22.0 Å². The molecule has 0 amide bonds. The second-order valence-electron chi connectivity index (χ2n) is 7.46. The maximum absolute atomic E-state index is 13.4. The molecule has 2 heterocycles. The SMILES string of the molecule is Cc1ccc(C(=O)Oc2cccc3cccnc23)cc1S(=O)(=O)N1CCC(F)(F)CC1. The number of aromatic nitrogens is 1. The highest BCUT2D eigenvalue weighted by atomic mass is 32.2. The average molecular weight is 446 g/mol. The Morgan fingerprint density at radius 1 is 1.10 bits per heavy atom. The number of nitrogens with zero attached hydrogens (tertiary/aromatic N) is 2. The number of para-hydroxylation sites is 1. The molecule has 2 aromatic carbocycles. The van der Waals surface area contributed by atoms with Crippen LogP contribution in [0.3, 0.4) is 0 Å². The fraction of sp³-hybridized carbons (Fsp3) is 0.273. The Balaban J connectivity index is 1.62. The molecule has 1 aliphatic rings. The predicted octanol–water partition coefficient (Wildman–Crippen LogP) is 4.18. The Hall–Kier alpha value is -2.91. The third-order valence-electron chi connectivity index (χ3n) is 5.29. The number of halogens is 2. The van der Waals surface area contributed by atoms with Gasteiger partial charge in [-0.05, 0) is 36.8 Å². The van der Waals surface area contributed by atoms with E-state index < -0.39 is 34.8 Å². The molecule has 4 rings (SSSR count). The number of sulfonamides is 1. The number of carbonyl (C=O) groups excluding carboxylic acids is 1. The number of esters is 1. The second-order valence-corrected chi connectivity index (χ2v) is 9.37. The summed E-state index contributed by atoms with van der Waals surface area (Å²) >= 11 is 0. The van der Waals surface area contributed by atoms with Crippen molar-refractivity contribution in [1.29, 1.82) is 0 Å². The Labute approximate surface area is 178 Å². The lowest BCUT2D eigenvalue weighted by Gasteiger charge is -2.31. The number of hydrogen-bond acceptors (Lipinski definition) is 5. The van der Waals surface area contributed by atoms with Gasteiger partial charge in [0.15, 0.2) is 5.75 Å². The molecule has 0 bridgehead atoms. The summed E-state index contributed by atoms with van der Waals surface area (Å²) < 4.78 is 59.5. The first-order chi connectivity index (χ1) is 14.7. The Bertz CT molecular complexity index is 1250. The molecule has 0 N–H and O–H groups in total. The molecule has 1 fully saturated rings. The lowest BCUT2D eigenvalue weighted by Crippen LogP contribution is -2.42. The minimum Gasteiger partial charge on any atom is -0.421 e. The number of pyridine rings is 1. The van der Waals surface area contributed by atoms with Crippen molar-refractivity contribution in [2.75, 3.05) is 13.1 Å². The van der Waals surface area contributed by atoms with Crippen molar-refractivity contribution in [2.24, 2.45) is 0 Å². The summed E-state index contributed by atoms with van der Waals surface area (Å²) in [6.45, 7) is 1.05. The van der Waals surface area contributed by atoms with Crippen LogP contribution in [0.15, 0.2) is 59.6 Å². The van der Waals surface area contributed by atoms with Crippen LogP contribution in [-0.4, -0.2) is 42.7 Å². The molecule has 1 aliphatic heterocycles. The molecule has 3 aromatic rings. The number of aryl methyl sites for hydroxylation is 1. The van der Waals surface area contributed by atoms with Crippen LogP contribution in [0, 0.1) is 6.92 Å². The third kappa shape index (κ3) is 4.28. The van der Waals surface area contributed by atoms with Crippen LogP contribution in [0.2, 0.25) is 0 Å². The van der Waals surface area contributed by atoms with Gasteiger partial charge in [-0.1, -0.05) is 24.3 Å². The van der Waals surface area contributed by atoms with E-state index in [0.717, 1.165) is 9.69 Å². The normalized spacial score (nSPS) is 16.9. The van der Waals surface area contributed by atoms with E-state index in [1.54, 1.807) is 31.3 Å². The second kappa shape index (κ2) is 7.97. The molecule has 31 heavy (non-hydrogen) atoms. The number of rotatable bonds is 4. The van der Waals surface area contributed by atoms with Gasteiger partial charge in [-0.25, -0.2) is 22.0 Å². The Kier molecular flexibility index (Phi) is 5.49. The van der Waals surface area contributed by atoms with E-state index in [1.807, 2.05) is 12.1 Å². The van der Waals surface area contributed by atoms with Crippen LogP contribution in [0.25, 0.3) is 10.9 Å². The summed E-state index contributed by atoms with van der Waals surface area (Å²) in [6.07, 6.45) is 0.528. The maximum atomic E-state index is 13.4. The molecule has 0 spiro atoms. The van der Waals surface area contributed by atoms with Crippen molar-refractivity contribution in [3.8, 4) is 5.75 Å². The summed E-state index contributed by atoms with van der Waals surface area (Å²) in [6, 6.07) is 13.0. The smallest absolute Gasteiger partial charge is 0.343 e. The quantitative estimate of drug-likeness (QED) is 0.444. The summed E-state index contributed by atoms with van der Waals surface area (Å²) in [5, 5.41) is 0.793. The van der Waals surface area contributed by atoms with Crippen LogP contribution in [0.5, 0.6) is 5.75 Å². The van der Waals surface area contributed by atoms with E-state index in [-0.39, 0.29) is 29.3 Å². The third-order valence-corrected chi connectivity index (χ3v) is 7.33. The van der Waals surface area contributed by atoms with E-state index in [1.165, 1.54) is 18.2 Å². The number of fused-ring (bicyclic) bond motifs is 1. The van der Waals surface area contributed by atoms with Crippen molar-refractivity contribution >= 4 is 26.9 Å². The molecule has 9 heteroatoms. The Morgan fingerprint density at radius 2 is 1.81 bits per heavy atom. The highest BCUT2D eigenvalue weighted by molar-refractivity contribution is 7.89. The summed E-state index contributed by atoms with van der Waals surface area (Å²) in [4.78, 5) is 16.9. The number of piperidine rings is 1. The van der Waals surface area contributed by atoms with Crippen molar-refractivity contribution in [2.45, 2.75) is 30.6 Å². The van der Waals surface area contributed by atoms with Gasteiger partial charge in [0.25, 0.3) is 5.92 Å². The molecule has 0 radical (unpaired) electrons. The summed E-state index contributed by atoms with van der Waals surface area (Å²) in [7, 11) is -4.03. The van der Waals surface area contributed by atoms with E-state index in [4.69, 9.17) is 4.74 Å². The highest BCUT2D eigenvalue weighted by Crippen LogP contribution is 2.32. The van der Waals surface area contributed by atoms with Gasteiger partial charge in [0.1, 0.15) is 5.52 Å². The monoisotopic (exact) mass is 446 g/mol. The molecule has 0 atom stereocenters. The van der Waals surface area contributed by atoms with Crippen molar-refractivity contribution in [3.05, 3.63) is 65.9 Å². The molecule has 0 aliphatic carbocycles. The van der Waals surface area contributed by atoms with E-state index >= 15 is 0 Å². The average Bonchev–Trinajstić information content (AvgIpc) is 2.74. The van der Waals surface area contributed by atoms with Gasteiger partial charge in [-0.3, -0.25) is 4.98 Å². The van der Waals surface area contributed by atoms with Crippen molar-refractivity contribution in [1.82, 2.24) is 9.29 Å². The zero-order valence-electron chi connectivity index (χ0n) is 16.7. The molecule has 162 valence electrons. The zero-order valence-corrected chi connectivity index (χ0v) is 17.5. The first kappa shape index (κ1) is 21.3. The van der Waals surface area contributed by atoms with Crippen molar-refractivity contribution in [3.63, 3.8) is 0 Å². The van der Waals surface area contributed by atoms with Crippen LogP contribution >= 0.6 is 0 Å². The molecular weight excluding hydrogens is 426 g/mol. The van der Waals surface area contributed by atoms with Gasteiger partial charge < -0.3 is 4.74 Å². The van der Waals surface area contributed by atoms with Gasteiger partial charge in [0, 0.05) is 37.5 Å². The number of hydrogen-bond donors (Lipinski definition) is 0. The van der Waals surface area contributed by atoms with Gasteiger partial charge >= 0.3 is 5.97 Å². The van der Waals surface area contributed by atoms with Crippen LogP contribution in [0.1, 0.15) is 28.8 Å². The molecule has 1 saturated heterocycles. The van der Waals surface area contributed by atoms with Gasteiger partial charge in [0.05, 0.1) is 10.5 Å². The first-order valence-electron chi connectivity index (χ1n) is 9.72. The predicted molar refractivity (Wildman–Crippen MR) is 111 cm³/mol. The maximum Gasteiger partial charge on any atom is 0.343 e. The fourth-order valence-corrected chi connectivity index (χ4v) is 5.21. The first-order valence-corrected chi connectivity index (χ1v) is 11.2. The van der Waals surface area contributed by atoms with Crippen LogP contribution in [0.4, 0.5) is 8.78 Å². The number of ether oxygens (including phenoxy) is 1. The van der Waals surface area contributed by atoms with Crippen molar-refractivity contribution < 1.29 is 26.7 Å².